The second-order valence-corrected chi connectivity index (χ2v) is 8.05. The molecule has 0 aliphatic carbocycles. The van der Waals surface area contributed by atoms with Gasteiger partial charge in [-0.3, -0.25) is 9.59 Å². The number of aliphatic hydroxyl groups excluding tert-OH is 1. The van der Waals surface area contributed by atoms with E-state index < -0.39 is 18.2 Å². The van der Waals surface area contributed by atoms with E-state index in [2.05, 4.69) is 22.3 Å². The second kappa shape index (κ2) is 10.4. The van der Waals surface area contributed by atoms with Crippen LogP contribution in [0.15, 0.2) is 72.8 Å². The molecule has 2 aromatic rings. The van der Waals surface area contributed by atoms with Gasteiger partial charge in [-0.2, -0.15) is 0 Å². The van der Waals surface area contributed by atoms with Gasteiger partial charge in [0.1, 0.15) is 6.10 Å². The van der Waals surface area contributed by atoms with E-state index in [1.165, 1.54) is 5.69 Å². The van der Waals surface area contributed by atoms with E-state index in [9.17, 15) is 14.7 Å². The Morgan fingerprint density at radius 3 is 2.25 bits per heavy atom. The molecule has 0 bridgehead atoms. The summed E-state index contributed by atoms with van der Waals surface area (Å²) in [6, 6.07) is 18.7. The van der Waals surface area contributed by atoms with Crippen molar-refractivity contribution in [1.29, 1.82) is 0 Å². The van der Waals surface area contributed by atoms with E-state index in [4.69, 9.17) is 4.74 Å². The second-order valence-electron chi connectivity index (χ2n) is 8.05. The Hall–Kier alpha value is -3.16. The van der Waals surface area contributed by atoms with Crippen molar-refractivity contribution in [3.63, 3.8) is 0 Å². The van der Waals surface area contributed by atoms with E-state index >= 15 is 0 Å². The van der Waals surface area contributed by atoms with Crippen molar-refractivity contribution in [3.8, 4) is 0 Å². The quantitative estimate of drug-likeness (QED) is 0.677. The molecule has 0 aromatic heterocycles. The van der Waals surface area contributed by atoms with Crippen LogP contribution >= 0.6 is 0 Å². The minimum absolute atomic E-state index is 0.0378. The van der Waals surface area contributed by atoms with Crippen molar-refractivity contribution in [1.82, 2.24) is 10.2 Å². The number of aliphatic hydroxyl groups is 1. The number of benzene rings is 2. The van der Waals surface area contributed by atoms with Crippen LogP contribution in [0.2, 0.25) is 0 Å². The van der Waals surface area contributed by atoms with Gasteiger partial charge in [-0.1, -0.05) is 48.6 Å². The van der Waals surface area contributed by atoms with E-state index in [1.807, 2.05) is 35.2 Å². The summed E-state index contributed by atoms with van der Waals surface area (Å²) in [5.74, 6) is -0.191. The third-order valence-electron chi connectivity index (χ3n) is 5.93. The van der Waals surface area contributed by atoms with Crippen molar-refractivity contribution in [2.24, 2.45) is 0 Å². The largest absolute Gasteiger partial charge is 0.394 e. The first-order chi connectivity index (χ1) is 15.6. The summed E-state index contributed by atoms with van der Waals surface area (Å²) >= 11 is 0. The Bertz CT molecular complexity index is 927. The van der Waals surface area contributed by atoms with Crippen LogP contribution in [-0.2, 0) is 9.53 Å². The van der Waals surface area contributed by atoms with Crippen LogP contribution in [0.1, 0.15) is 16.8 Å². The van der Waals surface area contributed by atoms with E-state index in [0.29, 0.717) is 18.7 Å². The molecule has 2 aromatic carbocycles. The van der Waals surface area contributed by atoms with E-state index in [0.717, 1.165) is 13.1 Å². The third-order valence-corrected chi connectivity index (χ3v) is 5.93. The average molecular weight is 436 g/mol. The van der Waals surface area contributed by atoms with Crippen LogP contribution in [0, 0.1) is 0 Å². The summed E-state index contributed by atoms with van der Waals surface area (Å²) in [6.45, 7) is 2.69. The van der Waals surface area contributed by atoms with Gasteiger partial charge in [0.25, 0.3) is 5.91 Å². The third kappa shape index (κ3) is 5.36. The highest BCUT2D eigenvalue weighted by Crippen LogP contribution is 2.19. The monoisotopic (exact) mass is 435 g/mol. The number of anilines is 1. The first kappa shape index (κ1) is 22.0. The molecule has 2 heterocycles. The number of rotatable bonds is 6. The molecule has 0 spiro atoms. The van der Waals surface area contributed by atoms with Crippen molar-refractivity contribution < 1.29 is 19.4 Å². The van der Waals surface area contributed by atoms with Crippen LogP contribution in [0.5, 0.6) is 0 Å². The van der Waals surface area contributed by atoms with E-state index in [-0.39, 0.29) is 24.8 Å². The number of nitrogens with zero attached hydrogens (tertiary/aromatic N) is 2. The molecule has 2 aliphatic rings. The first-order valence-electron chi connectivity index (χ1n) is 11.0. The van der Waals surface area contributed by atoms with Gasteiger partial charge < -0.3 is 25.0 Å². The number of hydrogen-bond donors (Lipinski definition) is 2. The normalized spacial score (nSPS) is 23.1. The summed E-state index contributed by atoms with van der Waals surface area (Å²) in [5.41, 5.74) is 1.72. The molecular formula is C25H29N3O4. The average Bonchev–Trinajstić information content (AvgIpc) is 2.86. The van der Waals surface area contributed by atoms with Gasteiger partial charge in [0.2, 0.25) is 5.91 Å². The Labute approximate surface area is 188 Å². The summed E-state index contributed by atoms with van der Waals surface area (Å²) in [6.07, 6.45) is 2.83. The molecule has 1 saturated heterocycles. The van der Waals surface area contributed by atoms with Crippen LogP contribution < -0.4 is 10.2 Å². The first-order valence-corrected chi connectivity index (χ1v) is 11.0. The molecule has 4 rings (SSSR count). The van der Waals surface area contributed by atoms with Gasteiger partial charge >= 0.3 is 0 Å². The van der Waals surface area contributed by atoms with Crippen molar-refractivity contribution >= 4 is 17.5 Å². The van der Waals surface area contributed by atoms with Crippen LogP contribution in [-0.4, -0.2) is 72.9 Å². The number of amides is 2. The van der Waals surface area contributed by atoms with Gasteiger partial charge in [-0.05, 0) is 24.3 Å². The highest BCUT2D eigenvalue weighted by Gasteiger charge is 2.31. The minimum Gasteiger partial charge on any atom is -0.394 e. The summed E-state index contributed by atoms with van der Waals surface area (Å²) in [4.78, 5) is 29.4. The molecule has 7 nitrogen and oxygen atoms in total. The molecular weight excluding hydrogens is 406 g/mol. The van der Waals surface area contributed by atoms with Crippen molar-refractivity contribution in [2.45, 2.75) is 24.7 Å². The van der Waals surface area contributed by atoms with Gasteiger partial charge in [0.15, 0.2) is 0 Å². The predicted octanol–water partition coefficient (Wildman–Crippen LogP) is 1.84. The lowest BCUT2D eigenvalue weighted by molar-refractivity contribution is -0.135. The molecule has 0 radical (unpaired) electrons. The van der Waals surface area contributed by atoms with Crippen molar-refractivity contribution in [3.05, 3.63) is 78.4 Å². The van der Waals surface area contributed by atoms with Crippen LogP contribution in [0.4, 0.5) is 5.69 Å². The number of piperazine rings is 1. The lowest BCUT2D eigenvalue weighted by Gasteiger charge is -2.37. The molecule has 0 unspecified atom stereocenters. The predicted molar refractivity (Wildman–Crippen MR) is 122 cm³/mol. The fourth-order valence-corrected chi connectivity index (χ4v) is 4.11. The lowest BCUT2D eigenvalue weighted by atomic mass is 10.0. The topological polar surface area (TPSA) is 82.1 Å². The Balaban J connectivity index is 1.29. The maximum absolute atomic E-state index is 12.8. The van der Waals surface area contributed by atoms with E-state index in [1.54, 1.807) is 30.3 Å². The van der Waals surface area contributed by atoms with Crippen molar-refractivity contribution in [2.75, 3.05) is 37.7 Å². The fourth-order valence-electron chi connectivity index (χ4n) is 4.11. The maximum atomic E-state index is 12.8. The number of carbonyl (C=O) groups excluding carboxylic acids is 2. The van der Waals surface area contributed by atoms with Crippen LogP contribution in [0.3, 0.4) is 0 Å². The maximum Gasteiger partial charge on any atom is 0.251 e. The molecule has 168 valence electrons. The lowest BCUT2D eigenvalue weighted by Crippen LogP contribution is -2.51. The highest BCUT2D eigenvalue weighted by molar-refractivity contribution is 5.94. The molecule has 2 amide bonds. The molecule has 2 N–H and O–H groups in total. The standard InChI is InChI=1S/C25H29N3O4/c29-18-23-22(26-25(31)19-7-3-1-4-8-19)12-11-21(32-23)17-24(30)28-15-13-27(14-16-28)20-9-5-2-6-10-20/h1-12,21-23,29H,13-18H2,(H,26,31)/t21-,22+,23+/m1/s1. The van der Waals surface area contributed by atoms with Gasteiger partial charge in [-0.15, -0.1) is 0 Å². The highest BCUT2D eigenvalue weighted by atomic mass is 16.5. The summed E-state index contributed by atoms with van der Waals surface area (Å²) < 4.78 is 5.93. The van der Waals surface area contributed by atoms with Crippen LogP contribution in [0.25, 0.3) is 0 Å². The number of para-hydroxylation sites is 1. The molecule has 0 saturated carbocycles. The Morgan fingerprint density at radius 2 is 1.59 bits per heavy atom. The molecule has 7 heteroatoms. The molecule has 32 heavy (non-hydrogen) atoms. The van der Waals surface area contributed by atoms with Gasteiger partial charge in [0, 0.05) is 37.4 Å². The zero-order valence-corrected chi connectivity index (χ0v) is 18.0. The molecule has 3 atom stereocenters. The zero-order chi connectivity index (χ0) is 22.3. The van der Waals surface area contributed by atoms with Gasteiger partial charge in [-0.25, -0.2) is 0 Å². The number of nitrogens with one attached hydrogen (secondary N) is 1. The number of hydrogen-bond acceptors (Lipinski definition) is 5. The Kier molecular flexibility index (Phi) is 7.19. The summed E-state index contributed by atoms with van der Waals surface area (Å²) in [7, 11) is 0. The number of carbonyl (C=O) groups is 2. The minimum atomic E-state index is -0.597. The summed E-state index contributed by atoms with van der Waals surface area (Å²) in [5, 5.41) is 12.7. The number of ether oxygens (including phenoxy) is 1. The van der Waals surface area contributed by atoms with Gasteiger partial charge in [0.05, 0.1) is 25.2 Å². The molecule has 1 fully saturated rings. The Morgan fingerprint density at radius 1 is 0.938 bits per heavy atom. The fraction of sp³-hybridized carbons (Fsp3) is 0.360. The SMILES string of the molecule is O=C(N[C@H]1C=C[C@H](CC(=O)N2CCN(c3ccccc3)CC2)O[C@H]1CO)c1ccccc1. The smallest absolute Gasteiger partial charge is 0.251 e. The zero-order valence-electron chi connectivity index (χ0n) is 18.0. The molecule has 2 aliphatic heterocycles.